The number of aliphatic carboxylic acids is 1. The van der Waals surface area contributed by atoms with E-state index in [1.54, 1.807) is 0 Å². The van der Waals surface area contributed by atoms with Gasteiger partial charge in [-0.2, -0.15) is 0 Å². The molecule has 0 amide bonds. The first-order valence-corrected chi connectivity index (χ1v) is 3.59. The van der Waals surface area contributed by atoms with E-state index in [0.29, 0.717) is 11.8 Å². The predicted molar refractivity (Wildman–Crippen MR) is 43.0 cm³/mol. The number of rotatable bonds is 3. The molecule has 0 rings (SSSR count). The van der Waals surface area contributed by atoms with Crippen molar-refractivity contribution in [3.05, 3.63) is 12.7 Å². The van der Waals surface area contributed by atoms with Crippen molar-refractivity contribution in [1.82, 2.24) is 0 Å². The normalized spacial score (nSPS) is 15.1. The molecule has 0 fully saturated rings. The molecule has 0 aromatic carbocycles. The summed E-state index contributed by atoms with van der Waals surface area (Å²) < 4.78 is 0. The molecule has 1 unspecified atom stereocenters. The minimum atomic E-state index is -1.56. The summed E-state index contributed by atoms with van der Waals surface area (Å²) in [7, 11) is 0. The van der Waals surface area contributed by atoms with Gasteiger partial charge in [0.2, 0.25) is 5.12 Å². The third-order valence-electron chi connectivity index (χ3n) is 0.904. The van der Waals surface area contributed by atoms with Crippen LogP contribution in [0.25, 0.3) is 0 Å². The standard InChI is InChI=1S/C6H9NO3S/c1-3-4(8)11-6(2,7)5(9)10/h3H,1,7H2,2H3,(H,9,10). The summed E-state index contributed by atoms with van der Waals surface area (Å²) in [4.78, 5) is 19.4. The van der Waals surface area contributed by atoms with Crippen LogP contribution in [0.5, 0.6) is 0 Å². The first kappa shape index (κ1) is 10.2. The highest BCUT2D eigenvalue weighted by Gasteiger charge is 2.30. The van der Waals surface area contributed by atoms with Crippen molar-refractivity contribution in [3.8, 4) is 0 Å². The second-order valence-electron chi connectivity index (χ2n) is 2.04. The fraction of sp³-hybridized carbons (Fsp3) is 0.333. The molecule has 5 heteroatoms. The van der Waals surface area contributed by atoms with E-state index in [0.717, 1.165) is 6.08 Å². The van der Waals surface area contributed by atoms with Gasteiger partial charge in [-0.15, -0.1) is 0 Å². The van der Waals surface area contributed by atoms with Crippen LogP contribution >= 0.6 is 11.8 Å². The van der Waals surface area contributed by atoms with E-state index in [9.17, 15) is 9.59 Å². The molecule has 3 N–H and O–H groups in total. The molecule has 0 aromatic heterocycles. The molecule has 0 bridgehead atoms. The van der Waals surface area contributed by atoms with Crippen LogP contribution in [-0.2, 0) is 9.59 Å². The minimum Gasteiger partial charge on any atom is -0.479 e. The fourth-order valence-corrected chi connectivity index (χ4v) is 0.883. The molecule has 62 valence electrons. The second-order valence-corrected chi connectivity index (χ2v) is 3.49. The molecule has 0 saturated heterocycles. The number of hydrogen-bond donors (Lipinski definition) is 2. The Balaban J connectivity index is 4.23. The highest BCUT2D eigenvalue weighted by molar-refractivity contribution is 8.15. The van der Waals surface area contributed by atoms with Crippen molar-refractivity contribution in [2.45, 2.75) is 11.8 Å². The molecule has 0 aliphatic heterocycles. The largest absolute Gasteiger partial charge is 0.479 e. The van der Waals surface area contributed by atoms with Crippen molar-refractivity contribution < 1.29 is 14.7 Å². The van der Waals surface area contributed by atoms with Crippen LogP contribution in [0.15, 0.2) is 12.7 Å². The van der Waals surface area contributed by atoms with Crippen LogP contribution in [0.1, 0.15) is 6.92 Å². The monoisotopic (exact) mass is 175 g/mol. The smallest absolute Gasteiger partial charge is 0.334 e. The van der Waals surface area contributed by atoms with Crippen LogP contribution in [0.3, 0.4) is 0 Å². The third kappa shape index (κ3) is 3.20. The van der Waals surface area contributed by atoms with Gasteiger partial charge in [0.1, 0.15) is 0 Å². The fourth-order valence-electron chi connectivity index (χ4n) is 0.294. The molecule has 0 aliphatic rings. The van der Waals surface area contributed by atoms with E-state index in [2.05, 4.69) is 6.58 Å². The van der Waals surface area contributed by atoms with E-state index >= 15 is 0 Å². The van der Waals surface area contributed by atoms with Gasteiger partial charge < -0.3 is 10.8 Å². The first-order chi connectivity index (χ1) is 4.90. The molecule has 0 heterocycles. The van der Waals surface area contributed by atoms with Crippen LogP contribution in [-0.4, -0.2) is 21.1 Å². The Morgan fingerprint density at radius 3 is 2.45 bits per heavy atom. The number of carbonyl (C=O) groups excluding carboxylic acids is 1. The number of carboxylic acid groups (broad SMARTS) is 1. The molecule has 0 saturated carbocycles. The lowest BCUT2D eigenvalue weighted by atomic mass is 10.4. The van der Waals surface area contributed by atoms with Gasteiger partial charge in [-0.3, -0.25) is 4.79 Å². The zero-order valence-electron chi connectivity index (χ0n) is 6.03. The Morgan fingerprint density at radius 2 is 2.18 bits per heavy atom. The Labute approximate surface area is 68.5 Å². The maximum absolute atomic E-state index is 10.6. The van der Waals surface area contributed by atoms with Gasteiger partial charge in [0.15, 0.2) is 4.87 Å². The highest BCUT2D eigenvalue weighted by Crippen LogP contribution is 2.19. The number of carbonyl (C=O) groups is 2. The van der Waals surface area contributed by atoms with Crippen molar-refractivity contribution in [2.75, 3.05) is 0 Å². The average molecular weight is 175 g/mol. The molecular weight excluding hydrogens is 166 g/mol. The summed E-state index contributed by atoms with van der Waals surface area (Å²) in [6.45, 7) is 4.44. The summed E-state index contributed by atoms with van der Waals surface area (Å²) in [5, 5.41) is 8.01. The van der Waals surface area contributed by atoms with Crippen LogP contribution < -0.4 is 5.73 Å². The van der Waals surface area contributed by atoms with Crippen LogP contribution in [0.2, 0.25) is 0 Å². The summed E-state index contributed by atoms with van der Waals surface area (Å²) in [5.41, 5.74) is 5.23. The number of hydrogen-bond acceptors (Lipinski definition) is 4. The topological polar surface area (TPSA) is 80.4 Å². The summed E-state index contributed by atoms with van der Waals surface area (Å²) in [6, 6.07) is 0. The van der Waals surface area contributed by atoms with Crippen molar-refractivity contribution in [1.29, 1.82) is 0 Å². The molecule has 11 heavy (non-hydrogen) atoms. The summed E-state index contributed by atoms with van der Waals surface area (Å²) in [5.74, 6) is -1.22. The van der Waals surface area contributed by atoms with Gasteiger partial charge in [-0.05, 0) is 24.8 Å². The lowest BCUT2D eigenvalue weighted by Crippen LogP contribution is -2.42. The summed E-state index contributed by atoms with van der Waals surface area (Å²) >= 11 is 0.531. The maximum Gasteiger partial charge on any atom is 0.334 e. The quantitative estimate of drug-likeness (QED) is 0.473. The van der Waals surface area contributed by atoms with Gasteiger partial charge in [0.05, 0.1) is 0 Å². The minimum absolute atomic E-state index is 0.447. The van der Waals surface area contributed by atoms with Gasteiger partial charge in [0, 0.05) is 0 Å². The van der Waals surface area contributed by atoms with Crippen LogP contribution in [0, 0.1) is 0 Å². The van der Waals surface area contributed by atoms with E-state index in [-0.39, 0.29) is 0 Å². The van der Waals surface area contributed by atoms with Crippen LogP contribution in [0.4, 0.5) is 0 Å². The lowest BCUT2D eigenvalue weighted by Gasteiger charge is -2.15. The van der Waals surface area contributed by atoms with E-state index in [1.165, 1.54) is 6.92 Å². The zero-order valence-corrected chi connectivity index (χ0v) is 6.85. The third-order valence-corrected chi connectivity index (χ3v) is 1.87. The van der Waals surface area contributed by atoms with Crippen molar-refractivity contribution in [3.63, 3.8) is 0 Å². The highest BCUT2D eigenvalue weighted by atomic mass is 32.2. The Hall–Kier alpha value is -0.810. The molecule has 0 radical (unpaired) electrons. The Kier molecular flexibility index (Phi) is 3.28. The number of nitrogens with two attached hydrogens (primary N) is 1. The maximum atomic E-state index is 10.6. The lowest BCUT2D eigenvalue weighted by molar-refractivity contribution is -0.139. The molecule has 0 spiro atoms. The first-order valence-electron chi connectivity index (χ1n) is 2.78. The van der Waals surface area contributed by atoms with Crippen molar-refractivity contribution >= 4 is 22.8 Å². The molecule has 1 atom stereocenters. The summed E-state index contributed by atoms with van der Waals surface area (Å²) in [6.07, 6.45) is 1.03. The predicted octanol–water partition coefficient (Wildman–Crippen LogP) is 0.192. The second kappa shape index (κ2) is 3.54. The molecule has 4 nitrogen and oxygen atoms in total. The van der Waals surface area contributed by atoms with E-state index in [1.807, 2.05) is 0 Å². The number of thioether (sulfide) groups is 1. The van der Waals surface area contributed by atoms with Gasteiger partial charge >= 0.3 is 5.97 Å². The Morgan fingerprint density at radius 1 is 1.73 bits per heavy atom. The molecular formula is C6H9NO3S. The van der Waals surface area contributed by atoms with Gasteiger partial charge in [-0.1, -0.05) is 6.58 Å². The van der Waals surface area contributed by atoms with Gasteiger partial charge in [-0.25, -0.2) is 4.79 Å². The number of carboxylic acids is 1. The Bertz CT molecular complexity index is 200. The average Bonchev–Trinajstić information content (AvgIpc) is 1.86. The molecule has 0 aromatic rings. The van der Waals surface area contributed by atoms with E-state index in [4.69, 9.17) is 10.8 Å². The van der Waals surface area contributed by atoms with Crippen molar-refractivity contribution in [2.24, 2.45) is 5.73 Å². The SMILES string of the molecule is C=CC(=O)SC(C)(N)C(=O)O. The van der Waals surface area contributed by atoms with E-state index < -0.39 is 16.0 Å². The van der Waals surface area contributed by atoms with Gasteiger partial charge in [0.25, 0.3) is 0 Å². The zero-order chi connectivity index (χ0) is 9.07. The molecule has 0 aliphatic carbocycles.